The van der Waals surface area contributed by atoms with Crippen molar-refractivity contribution in [1.29, 1.82) is 0 Å². The number of carbonyl (C=O) groups is 4. The number of anilines is 1. The molecule has 1 saturated heterocycles. The van der Waals surface area contributed by atoms with E-state index in [0.717, 1.165) is 46.5 Å². The van der Waals surface area contributed by atoms with Gasteiger partial charge in [-0.1, -0.05) is 37.5 Å². The highest BCUT2D eigenvalue weighted by Crippen LogP contribution is 2.38. The van der Waals surface area contributed by atoms with Crippen LogP contribution in [0, 0.1) is 26.7 Å². The predicted molar refractivity (Wildman–Crippen MR) is 118 cm³/mol. The summed E-state index contributed by atoms with van der Waals surface area (Å²) in [5, 5.41) is 5.70. The van der Waals surface area contributed by atoms with Crippen molar-refractivity contribution in [3.8, 4) is 0 Å². The Hall–Kier alpha value is -2.90. The van der Waals surface area contributed by atoms with Crippen LogP contribution in [0.3, 0.4) is 0 Å². The molecule has 1 aliphatic heterocycles. The molecule has 0 bridgehead atoms. The molecule has 2 N–H and O–H groups in total. The van der Waals surface area contributed by atoms with Gasteiger partial charge in [-0.2, -0.15) is 0 Å². The normalized spacial score (nSPS) is 23.1. The Morgan fingerprint density at radius 2 is 1.84 bits per heavy atom. The van der Waals surface area contributed by atoms with E-state index in [1.54, 1.807) is 0 Å². The lowest BCUT2D eigenvalue weighted by atomic mass is 9.73. The summed E-state index contributed by atoms with van der Waals surface area (Å²) in [5.74, 6) is -1.10. The van der Waals surface area contributed by atoms with Gasteiger partial charge < -0.3 is 15.5 Å². The van der Waals surface area contributed by atoms with Crippen LogP contribution in [0.1, 0.15) is 49.3 Å². The molecule has 0 radical (unpaired) electrons. The number of rotatable bonds is 5. The minimum atomic E-state index is -0.897. The van der Waals surface area contributed by atoms with Gasteiger partial charge in [-0.3, -0.25) is 19.3 Å². The molecule has 2 atom stereocenters. The Morgan fingerprint density at radius 1 is 1.19 bits per heavy atom. The maximum atomic E-state index is 13.0. The van der Waals surface area contributed by atoms with Crippen molar-refractivity contribution in [2.24, 2.45) is 5.92 Å². The molecule has 3 rings (SSSR count). The zero-order valence-corrected chi connectivity index (χ0v) is 19.0. The third-order valence-electron chi connectivity index (χ3n) is 6.54. The highest BCUT2D eigenvalue weighted by atomic mass is 16.2. The standard InChI is InChI=1S/C23H32N4O4/c1-14-10-15(2)20(16(3)11-14)24-18(28)12-26(5)19(29)13-27-21(30)23(25-22(27)31)9-7-6-8-17(23)4/h10-11,17H,6-9,12-13H2,1-5H3,(H,24,28)(H,25,31)/t17-,23-/m1/s1. The molecule has 5 amide bonds. The SMILES string of the molecule is Cc1cc(C)c(NC(=O)CN(C)C(=O)CN2C(=O)N[C@@]3(CCCC[C@H]3C)C2=O)c(C)c1. The van der Waals surface area contributed by atoms with Gasteiger partial charge in [-0.15, -0.1) is 0 Å². The van der Waals surface area contributed by atoms with Crippen LogP contribution in [-0.4, -0.2) is 59.2 Å². The van der Waals surface area contributed by atoms with Crippen LogP contribution in [0.4, 0.5) is 10.5 Å². The van der Waals surface area contributed by atoms with Crippen molar-refractivity contribution < 1.29 is 19.2 Å². The van der Waals surface area contributed by atoms with E-state index in [2.05, 4.69) is 10.6 Å². The fourth-order valence-electron chi connectivity index (χ4n) is 4.75. The summed E-state index contributed by atoms with van der Waals surface area (Å²) in [6.07, 6.45) is 3.36. The first kappa shape index (κ1) is 22.8. The highest BCUT2D eigenvalue weighted by Gasteiger charge is 2.55. The molecule has 168 valence electrons. The van der Waals surface area contributed by atoms with Crippen LogP contribution in [-0.2, 0) is 14.4 Å². The van der Waals surface area contributed by atoms with E-state index in [1.807, 2.05) is 39.8 Å². The molecule has 1 aliphatic carbocycles. The van der Waals surface area contributed by atoms with Gasteiger partial charge in [-0.25, -0.2) is 4.79 Å². The van der Waals surface area contributed by atoms with Crippen molar-refractivity contribution >= 4 is 29.4 Å². The number of imide groups is 1. The van der Waals surface area contributed by atoms with E-state index in [9.17, 15) is 19.2 Å². The molecule has 2 fully saturated rings. The summed E-state index contributed by atoms with van der Waals surface area (Å²) in [7, 11) is 1.49. The zero-order valence-electron chi connectivity index (χ0n) is 19.0. The van der Waals surface area contributed by atoms with Gasteiger partial charge >= 0.3 is 6.03 Å². The number of benzene rings is 1. The second-order valence-electron chi connectivity index (χ2n) is 9.01. The largest absolute Gasteiger partial charge is 0.335 e. The average Bonchev–Trinajstić information content (AvgIpc) is 2.92. The summed E-state index contributed by atoms with van der Waals surface area (Å²) < 4.78 is 0. The lowest BCUT2D eigenvalue weighted by Gasteiger charge is -2.36. The van der Waals surface area contributed by atoms with Gasteiger partial charge in [-0.05, 0) is 50.7 Å². The number of likely N-dealkylation sites (N-methyl/N-ethyl adjacent to an activating group) is 1. The number of urea groups is 1. The first-order valence-corrected chi connectivity index (χ1v) is 10.8. The highest BCUT2D eigenvalue weighted by molar-refractivity contribution is 6.09. The van der Waals surface area contributed by atoms with E-state index in [-0.39, 0.29) is 30.8 Å². The summed E-state index contributed by atoms with van der Waals surface area (Å²) >= 11 is 0. The molecule has 8 nitrogen and oxygen atoms in total. The third kappa shape index (κ3) is 4.43. The number of aryl methyl sites for hydroxylation is 3. The van der Waals surface area contributed by atoms with Gasteiger partial charge in [0.05, 0.1) is 6.54 Å². The fraction of sp³-hybridized carbons (Fsp3) is 0.565. The summed E-state index contributed by atoms with van der Waals surface area (Å²) in [5.41, 5.74) is 2.85. The molecular formula is C23H32N4O4. The van der Waals surface area contributed by atoms with E-state index in [0.29, 0.717) is 6.42 Å². The Kier molecular flexibility index (Phi) is 6.38. The van der Waals surface area contributed by atoms with E-state index >= 15 is 0 Å². The summed E-state index contributed by atoms with van der Waals surface area (Å²) in [6, 6.07) is 3.43. The van der Waals surface area contributed by atoms with E-state index in [4.69, 9.17) is 0 Å². The summed E-state index contributed by atoms with van der Waals surface area (Å²) in [4.78, 5) is 52.9. The van der Waals surface area contributed by atoms with Crippen LogP contribution >= 0.6 is 0 Å². The quantitative estimate of drug-likeness (QED) is 0.704. The van der Waals surface area contributed by atoms with Crippen molar-refractivity contribution in [1.82, 2.24) is 15.1 Å². The molecule has 8 heteroatoms. The zero-order chi connectivity index (χ0) is 22.9. The van der Waals surface area contributed by atoms with Crippen molar-refractivity contribution in [2.45, 2.75) is 58.9 Å². The van der Waals surface area contributed by atoms with Gasteiger partial charge in [0.1, 0.15) is 12.1 Å². The third-order valence-corrected chi connectivity index (χ3v) is 6.54. The molecule has 1 heterocycles. The van der Waals surface area contributed by atoms with E-state index < -0.39 is 17.5 Å². The second-order valence-corrected chi connectivity index (χ2v) is 9.01. The monoisotopic (exact) mass is 428 g/mol. The minimum Gasteiger partial charge on any atom is -0.335 e. The lowest BCUT2D eigenvalue weighted by molar-refractivity contribution is -0.140. The van der Waals surface area contributed by atoms with Crippen molar-refractivity contribution in [2.75, 3.05) is 25.5 Å². The number of nitrogens with one attached hydrogen (secondary N) is 2. The molecule has 1 aromatic rings. The Balaban J connectivity index is 1.61. The minimum absolute atomic E-state index is 0.0299. The Bertz CT molecular complexity index is 905. The van der Waals surface area contributed by atoms with Crippen molar-refractivity contribution in [3.63, 3.8) is 0 Å². The molecular weight excluding hydrogens is 396 g/mol. The van der Waals surface area contributed by atoms with Crippen LogP contribution in [0.5, 0.6) is 0 Å². The first-order valence-electron chi connectivity index (χ1n) is 10.8. The predicted octanol–water partition coefficient (Wildman–Crippen LogP) is 2.51. The molecule has 1 spiro atoms. The van der Waals surface area contributed by atoms with Crippen molar-refractivity contribution in [3.05, 3.63) is 28.8 Å². The average molecular weight is 429 g/mol. The van der Waals surface area contributed by atoms with Crippen LogP contribution in [0.2, 0.25) is 0 Å². The van der Waals surface area contributed by atoms with Crippen LogP contribution < -0.4 is 10.6 Å². The van der Waals surface area contributed by atoms with Gasteiger partial charge in [0.2, 0.25) is 11.8 Å². The van der Waals surface area contributed by atoms with Crippen LogP contribution in [0.25, 0.3) is 0 Å². The number of carbonyl (C=O) groups excluding carboxylic acids is 4. The molecule has 31 heavy (non-hydrogen) atoms. The van der Waals surface area contributed by atoms with E-state index in [1.165, 1.54) is 11.9 Å². The Morgan fingerprint density at radius 3 is 2.45 bits per heavy atom. The maximum absolute atomic E-state index is 13.0. The maximum Gasteiger partial charge on any atom is 0.325 e. The molecule has 0 aromatic heterocycles. The number of amides is 5. The number of nitrogens with zero attached hydrogens (tertiary/aromatic N) is 2. The van der Waals surface area contributed by atoms with Crippen LogP contribution in [0.15, 0.2) is 12.1 Å². The number of hydrogen-bond donors (Lipinski definition) is 2. The smallest absolute Gasteiger partial charge is 0.325 e. The lowest BCUT2D eigenvalue weighted by Crippen LogP contribution is -2.54. The number of hydrogen-bond acceptors (Lipinski definition) is 4. The molecule has 2 aliphatic rings. The topological polar surface area (TPSA) is 98.8 Å². The molecule has 0 unspecified atom stereocenters. The van der Waals surface area contributed by atoms with Gasteiger partial charge in [0.15, 0.2) is 0 Å². The fourth-order valence-corrected chi connectivity index (χ4v) is 4.75. The summed E-state index contributed by atoms with van der Waals surface area (Å²) in [6.45, 7) is 7.26. The second kappa shape index (κ2) is 8.69. The van der Waals surface area contributed by atoms with Gasteiger partial charge in [0, 0.05) is 12.7 Å². The molecule has 1 aromatic carbocycles. The van der Waals surface area contributed by atoms with Gasteiger partial charge in [0.25, 0.3) is 5.91 Å². The Labute approximate surface area is 183 Å². The molecule has 1 saturated carbocycles. The first-order chi connectivity index (χ1) is 14.5.